The van der Waals surface area contributed by atoms with Gasteiger partial charge in [-0.1, -0.05) is 0 Å². The minimum absolute atomic E-state index is 0. The molecular weight excluding hydrogens is 94.0 g/mol. The van der Waals surface area contributed by atoms with Gasteiger partial charge in [0.1, 0.15) is 6.61 Å². The molecule has 7 heavy (non-hydrogen) atoms. The fourth-order valence-electron chi connectivity index (χ4n) is 0.348. The van der Waals surface area contributed by atoms with Crippen LogP contribution in [0.3, 0.4) is 0 Å². The Balaban J connectivity index is 2.40. The Kier molecular flexibility index (Phi) is 1.03. The predicted molar refractivity (Wildman–Crippen MR) is 24.3 cm³/mol. The quantitative estimate of drug-likeness (QED) is 0.445. The molecule has 42 valence electrons. The van der Waals surface area contributed by atoms with Crippen molar-refractivity contribution in [1.29, 1.82) is 0 Å². The van der Waals surface area contributed by atoms with E-state index >= 15 is 0 Å². The fraction of sp³-hybridized carbons (Fsp3) is 1.00. The molecule has 0 spiro atoms. The smallest absolute Gasteiger partial charge is 0.104 e. The van der Waals surface area contributed by atoms with Gasteiger partial charge in [-0.25, -0.2) is 4.89 Å². The summed E-state index contributed by atoms with van der Waals surface area (Å²) >= 11 is 0. The summed E-state index contributed by atoms with van der Waals surface area (Å²) in [5, 5.41) is 0. The predicted octanol–water partition coefficient (Wildman–Crippen LogP) is 0.231. The van der Waals surface area contributed by atoms with E-state index in [0.29, 0.717) is 6.61 Å². The van der Waals surface area contributed by atoms with Gasteiger partial charge in [-0.05, 0) is 13.8 Å². The molecule has 1 aliphatic rings. The molecule has 1 N–H and O–H groups in total. The summed E-state index contributed by atoms with van der Waals surface area (Å²) in [4.78, 5) is 8.96. The molecule has 0 saturated carbocycles. The van der Waals surface area contributed by atoms with Crippen LogP contribution in [0, 0.1) is 0 Å². The molecule has 1 rings (SSSR count). The van der Waals surface area contributed by atoms with Crippen molar-refractivity contribution in [3.8, 4) is 0 Å². The zero-order valence-electron chi connectivity index (χ0n) is 4.52. The molecule has 1 aliphatic heterocycles. The van der Waals surface area contributed by atoms with E-state index in [2.05, 4.69) is 15.4 Å². The van der Waals surface area contributed by atoms with E-state index < -0.39 is 0 Å². The maximum absolute atomic E-state index is 4.55. The van der Waals surface area contributed by atoms with Gasteiger partial charge in [0.25, 0.3) is 0 Å². The third-order valence-corrected chi connectivity index (χ3v) is 0.797. The van der Waals surface area contributed by atoms with Crippen LogP contribution in [0.1, 0.15) is 13.8 Å². The first-order chi connectivity index (χ1) is 3.21. The lowest BCUT2D eigenvalue weighted by atomic mass is 10.1. The van der Waals surface area contributed by atoms with E-state index in [4.69, 9.17) is 0 Å². The van der Waals surface area contributed by atoms with Gasteiger partial charge in [-0.2, -0.15) is 5.48 Å². The summed E-state index contributed by atoms with van der Waals surface area (Å²) in [7, 11) is 0. The van der Waals surface area contributed by atoms with Crippen molar-refractivity contribution in [3.63, 3.8) is 0 Å². The summed E-state index contributed by atoms with van der Waals surface area (Å²) in [5.41, 5.74) is 2.67. The Labute approximate surface area is 42.5 Å². The van der Waals surface area contributed by atoms with E-state index in [0.717, 1.165) is 0 Å². The average molecular weight is 103 g/mol. The lowest BCUT2D eigenvalue weighted by molar-refractivity contribution is -0.286. The average Bonchev–Trinajstić information content (AvgIpc) is 1.84. The minimum atomic E-state index is 0. The number of hydrogen-bond acceptors (Lipinski definition) is 3. The van der Waals surface area contributed by atoms with Crippen molar-refractivity contribution in [1.82, 2.24) is 5.48 Å². The molecule has 1 heterocycles. The second kappa shape index (κ2) is 1.43. The van der Waals surface area contributed by atoms with Gasteiger partial charge >= 0.3 is 0 Å². The molecule has 3 nitrogen and oxygen atoms in total. The Morgan fingerprint density at radius 2 is 2.29 bits per heavy atom. The van der Waals surface area contributed by atoms with E-state index in [1.165, 1.54) is 0 Å². The van der Waals surface area contributed by atoms with Gasteiger partial charge in [-0.15, -0.1) is 4.99 Å². The second-order valence-corrected chi connectivity index (χ2v) is 2.33. The first-order valence-electron chi connectivity index (χ1n) is 2.26. The summed E-state index contributed by atoms with van der Waals surface area (Å²) < 4.78 is 0. The maximum Gasteiger partial charge on any atom is 0.104 e. The molecular formula is C4H9NO2. The third-order valence-electron chi connectivity index (χ3n) is 0.797. The van der Waals surface area contributed by atoms with Crippen LogP contribution in [0.2, 0.25) is 0 Å². The Morgan fingerprint density at radius 1 is 1.57 bits per heavy atom. The normalized spacial score (nSPS) is 28.3. The van der Waals surface area contributed by atoms with Gasteiger partial charge in [0.2, 0.25) is 0 Å². The zero-order chi connectivity index (χ0) is 5.33. The topological polar surface area (TPSA) is 30.5 Å². The zero-order valence-corrected chi connectivity index (χ0v) is 4.52. The summed E-state index contributed by atoms with van der Waals surface area (Å²) in [5.74, 6) is 0. The second-order valence-electron chi connectivity index (χ2n) is 2.33. The van der Waals surface area contributed by atoms with Crippen LogP contribution in [0.15, 0.2) is 0 Å². The van der Waals surface area contributed by atoms with Crippen molar-refractivity contribution < 1.29 is 9.88 Å². The van der Waals surface area contributed by atoms with Crippen molar-refractivity contribution in [2.75, 3.05) is 6.61 Å². The monoisotopic (exact) mass is 103 g/mol. The largest absolute Gasteiger partial charge is 0.216 e. The molecule has 0 aromatic rings. The van der Waals surface area contributed by atoms with E-state index in [1.807, 2.05) is 13.8 Å². The highest BCUT2D eigenvalue weighted by molar-refractivity contribution is 4.72. The Hall–Kier alpha value is -0.120. The highest BCUT2D eigenvalue weighted by Crippen LogP contribution is 2.07. The van der Waals surface area contributed by atoms with Crippen LogP contribution >= 0.6 is 0 Å². The molecule has 1 saturated heterocycles. The molecule has 0 aliphatic carbocycles. The first-order valence-corrected chi connectivity index (χ1v) is 2.26. The Morgan fingerprint density at radius 3 is 2.43 bits per heavy atom. The van der Waals surface area contributed by atoms with Crippen molar-refractivity contribution in [2.45, 2.75) is 19.4 Å². The number of hydroxylamine groups is 1. The SMILES string of the molecule is CC1(C)COON1. The summed E-state index contributed by atoms with van der Waals surface area (Å²) in [6.07, 6.45) is 0. The van der Waals surface area contributed by atoms with Crippen LogP contribution in [-0.2, 0) is 9.88 Å². The highest BCUT2D eigenvalue weighted by atomic mass is 17.3. The summed E-state index contributed by atoms with van der Waals surface area (Å²) in [6.45, 7) is 4.62. The van der Waals surface area contributed by atoms with Crippen LogP contribution in [0.5, 0.6) is 0 Å². The van der Waals surface area contributed by atoms with Crippen LogP contribution in [-0.4, -0.2) is 12.1 Å². The minimum Gasteiger partial charge on any atom is -0.216 e. The molecule has 1 fully saturated rings. The summed E-state index contributed by atoms with van der Waals surface area (Å²) in [6, 6.07) is 0. The Bertz CT molecular complexity index is 64.1. The van der Waals surface area contributed by atoms with E-state index in [-0.39, 0.29) is 5.54 Å². The molecule has 0 aromatic carbocycles. The van der Waals surface area contributed by atoms with Crippen LogP contribution in [0.4, 0.5) is 0 Å². The molecule has 0 amide bonds. The number of nitrogens with one attached hydrogen (secondary N) is 1. The lowest BCUT2D eigenvalue weighted by Crippen LogP contribution is -2.33. The molecule has 0 aromatic heterocycles. The maximum atomic E-state index is 4.55. The highest BCUT2D eigenvalue weighted by Gasteiger charge is 2.24. The van der Waals surface area contributed by atoms with Gasteiger partial charge in [-0.3, -0.25) is 0 Å². The molecule has 0 unspecified atom stereocenters. The van der Waals surface area contributed by atoms with Crippen molar-refractivity contribution in [2.24, 2.45) is 0 Å². The first kappa shape index (κ1) is 5.03. The lowest BCUT2D eigenvalue weighted by Gasteiger charge is -2.09. The van der Waals surface area contributed by atoms with Crippen LogP contribution < -0.4 is 5.48 Å². The molecule has 0 atom stereocenters. The third kappa shape index (κ3) is 1.12. The standard InChI is InChI=1S/C4H9NO2/c1-4(2)3-6-7-5-4/h5H,3H2,1-2H3. The molecule has 3 heteroatoms. The number of rotatable bonds is 0. The van der Waals surface area contributed by atoms with Crippen molar-refractivity contribution in [3.05, 3.63) is 0 Å². The van der Waals surface area contributed by atoms with Crippen molar-refractivity contribution >= 4 is 0 Å². The van der Waals surface area contributed by atoms with E-state index in [9.17, 15) is 0 Å². The van der Waals surface area contributed by atoms with Gasteiger partial charge in [0.05, 0.1) is 5.54 Å². The van der Waals surface area contributed by atoms with Gasteiger partial charge < -0.3 is 0 Å². The van der Waals surface area contributed by atoms with Gasteiger partial charge in [0.15, 0.2) is 0 Å². The van der Waals surface area contributed by atoms with Gasteiger partial charge in [0, 0.05) is 0 Å². The fourth-order valence-corrected chi connectivity index (χ4v) is 0.348. The molecule has 0 radical (unpaired) electrons. The van der Waals surface area contributed by atoms with Crippen LogP contribution in [0.25, 0.3) is 0 Å². The number of hydrogen-bond donors (Lipinski definition) is 1. The van der Waals surface area contributed by atoms with E-state index in [1.54, 1.807) is 0 Å². The molecule has 0 bridgehead atoms.